The van der Waals surface area contributed by atoms with Gasteiger partial charge in [-0.05, 0) is 38.1 Å². The lowest BCUT2D eigenvalue weighted by Crippen LogP contribution is -2.27. The Morgan fingerprint density at radius 2 is 1.91 bits per heavy atom. The first-order valence-electron chi connectivity index (χ1n) is 6.94. The highest BCUT2D eigenvalue weighted by Gasteiger charge is 2.17. The van der Waals surface area contributed by atoms with Crippen LogP contribution < -0.4 is 10.7 Å². The number of amides is 1. The molecule has 1 aromatic carbocycles. The highest BCUT2D eigenvalue weighted by molar-refractivity contribution is 5.93. The van der Waals surface area contributed by atoms with Crippen LogP contribution in [-0.2, 0) is 0 Å². The maximum Gasteiger partial charge on any atom is 0.287 e. The molecule has 2 aromatic heterocycles. The SMILES string of the molecule is Cc1ccc(C(C)NC(=O)c2cc(=O)c3ccccc3o2)o1. The number of para-hydroxylation sites is 1. The number of carbonyl (C=O) groups is 1. The molecule has 22 heavy (non-hydrogen) atoms. The highest BCUT2D eigenvalue weighted by Crippen LogP contribution is 2.17. The van der Waals surface area contributed by atoms with Crippen LogP contribution in [0.25, 0.3) is 11.0 Å². The summed E-state index contributed by atoms with van der Waals surface area (Å²) in [5.74, 6) is 0.950. The van der Waals surface area contributed by atoms with E-state index < -0.39 is 5.91 Å². The molecule has 0 aliphatic carbocycles. The van der Waals surface area contributed by atoms with Crippen molar-refractivity contribution in [2.45, 2.75) is 19.9 Å². The molecule has 0 saturated heterocycles. The Morgan fingerprint density at radius 3 is 2.64 bits per heavy atom. The minimum Gasteiger partial charge on any atom is -0.464 e. The molecule has 0 aliphatic rings. The van der Waals surface area contributed by atoms with E-state index in [9.17, 15) is 9.59 Å². The second-order valence-electron chi connectivity index (χ2n) is 5.11. The number of furan rings is 1. The van der Waals surface area contributed by atoms with Gasteiger partial charge in [0.1, 0.15) is 17.1 Å². The molecule has 112 valence electrons. The average Bonchev–Trinajstić information content (AvgIpc) is 2.94. The third-order valence-corrected chi connectivity index (χ3v) is 3.39. The normalized spacial score (nSPS) is 12.3. The molecule has 0 spiro atoms. The molecule has 0 bridgehead atoms. The number of aryl methyl sites for hydroxylation is 1. The monoisotopic (exact) mass is 297 g/mol. The first-order valence-corrected chi connectivity index (χ1v) is 6.94. The van der Waals surface area contributed by atoms with E-state index in [4.69, 9.17) is 8.83 Å². The Bertz CT molecular complexity index is 891. The van der Waals surface area contributed by atoms with Crippen LogP contribution in [0.3, 0.4) is 0 Å². The van der Waals surface area contributed by atoms with Crippen LogP contribution in [0, 0.1) is 6.92 Å². The van der Waals surface area contributed by atoms with Crippen molar-refractivity contribution < 1.29 is 13.6 Å². The zero-order valence-corrected chi connectivity index (χ0v) is 12.3. The van der Waals surface area contributed by atoms with Gasteiger partial charge in [-0.25, -0.2) is 0 Å². The van der Waals surface area contributed by atoms with Gasteiger partial charge in [-0.3, -0.25) is 9.59 Å². The minimum absolute atomic E-state index is 0.0150. The van der Waals surface area contributed by atoms with Gasteiger partial charge in [0.05, 0.1) is 11.4 Å². The number of hydrogen-bond donors (Lipinski definition) is 1. The van der Waals surface area contributed by atoms with Crippen LogP contribution >= 0.6 is 0 Å². The molecule has 0 fully saturated rings. The van der Waals surface area contributed by atoms with E-state index in [0.29, 0.717) is 16.7 Å². The van der Waals surface area contributed by atoms with Gasteiger partial charge >= 0.3 is 0 Å². The summed E-state index contributed by atoms with van der Waals surface area (Å²) in [6, 6.07) is 11.3. The predicted molar refractivity (Wildman–Crippen MR) is 81.8 cm³/mol. The second-order valence-corrected chi connectivity index (χ2v) is 5.11. The van der Waals surface area contributed by atoms with Crippen molar-refractivity contribution in [2.75, 3.05) is 0 Å². The fourth-order valence-electron chi connectivity index (χ4n) is 2.24. The average molecular weight is 297 g/mol. The van der Waals surface area contributed by atoms with Crippen molar-refractivity contribution in [1.29, 1.82) is 0 Å². The van der Waals surface area contributed by atoms with Crippen LogP contribution in [0.4, 0.5) is 0 Å². The van der Waals surface area contributed by atoms with E-state index in [1.807, 2.05) is 13.0 Å². The van der Waals surface area contributed by atoms with Crippen LogP contribution in [0.15, 0.2) is 56.1 Å². The van der Waals surface area contributed by atoms with Crippen LogP contribution in [-0.4, -0.2) is 5.91 Å². The van der Waals surface area contributed by atoms with Gasteiger partial charge in [-0.15, -0.1) is 0 Å². The van der Waals surface area contributed by atoms with E-state index in [1.54, 1.807) is 37.3 Å². The fraction of sp³-hybridized carbons (Fsp3) is 0.176. The first kappa shape index (κ1) is 14.1. The number of rotatable bonds is 3. The molecule has 3 rings (SSSR count). The van der Waals surface area contributed by atoms with E-state index in [2.05, 4.69) is 5.32 Å². The molecule has 5 nitrogen and oxygen atoms in total. The van der Waals surface area contributed by atoms with E-state index in [1.165, 1.54) is 6.07 Å². The molecule has 1 N–H and O–H groups in total. The van der Waals surface area contributed by atoms with Crippen molar-refractivity contribution >= 4 is 16.9 Å². The van der Waals surface area contributed by atoms with Gasteiger partial charge < -0.3 is 14.2 Å². The van der Waals surface area contributed by atoms with E-state index in [0.717, 1.165) is 5.76 Å². The molecule has 1 amide bonds. The molecule has 1 atom stereocenters. The number of nitrogens with one attached hydrogen (secondary N) is 1. The highest BCUT2D eigenvalue weighted by atomic mass is 16.3. The summed E-state index contributed by atoms with van der Waals surface area (Å²) < 4.78 is 11.0. The Kier molecular flexibility index (Phi) is 3.55. The Balaban J connectivity index is 1.87. The molecule has 3 aromatic rings. The summed E-state index contributed by atoms with van der Waals surface area (Å²) in [7, 11) is 0. The van der Waals surface area contributed by atoms with Crippen LogP contribution in [0.2, 0.25) is 0 Å². The van der Waals surface area contributed by atoms with Gasteiger partial charge in [0.15, 0.2) is 11.2 Å². The van der Waals surface area contributed by atoms with Gasteiger partial charge in [0.2, 0.25) is 0 Å². The lowest BCUT2D eigenvalue weighted by atomic mass is 10.2. The van der Waals surface area contributed by atoms with Crippen molar-refractivity contribution in [3.05, 3.63) is 70.0 Å². The zero-order chi connectivity index (χ0) is 15.7. The second kappa shape index (κ2) is 5.52. The summed E-state index contributed by atoms with van der Waals surface area (Å²) in [6.07, 6.45) is 0. The standard InChI is InChI=1S/C17H15NO4/c1-10-7-8-14(21-10)11(2)18-17(20)16-9-13(19)12-5-3-4-6-15(12)22-16/h3-9,11H,1-2H3,(H,18,20). The van der Waals surface area contributed by atoms with Crippen LogP contribution in [0.5, 0.6) is 0 Å². The summed E-state index contributed by atoms with van der Waals surface area (Å²) in [5.41, 5.74) is 0.148. The molecule has 0 aliphatic heterocycles. The number of fused-ring (bicyclic) bond motifs is 1. The molecule has 0 radical (unpaired) electrons. The zero-order valence-electron chi connectivity index (χ0n) is 12.3. The number of benzene rings is 1. The molecule has 1 unspecified atom stereocenters. The van der Waals surface area contributed by atoms with Gasteiger partial charge in [0, 0.05) is 6.07 Å². The Hall–Kier alpha value is -2.82. The quantitative estimate of drug-likeness (QED) is 0.806. The minimum atomic E-state index is -0.454. The van der Waals surface area contributed by atoms with Crippen LogP contribution in [0.1, 0.15) is 35.0 Å². The molecular weight excluding hydrogens is 282 g/mol. The van der Waals surface area contributed by atoms with Gasteiger partial charge in [-0.2, -0.15) is 0 Å². The third-order valence-electron chi connectivity index (χ3n) is 3.39. The molecular formula is C17H15NO4. The molecule has 2 heterocycles. The third kappa shape index (κ3) is 2.65. The van der Waals surface area contributed by atoms with Gasteiger partial charge in [-0.1, -0.05) is 12.1 Å². The smallest absolute Gasteiger partial charge is 0.287 e. The lowest BCUT2D eigenvalue weighted by Gasteiger charge is -2.11. The van der Waals surface area contributed by atoms with E-state index >= 15 is 0 Å². The summed E-state index contributed by atoms with van der Waals surface area (Å²) in [5, 5.41) is 3.20. The van der Waals surface area contributed by atoms with E-state index in [-0.39, 0.29) is 17.2 Å². The molecule has 5 heteroatoms. The van der Waals surface area contributed by atoms with Crippen molar-refractivity contribution in [1.82, 2.24) is 5.32 Å². The Labute approximate surface area is 126 Å². The van der Waals surface area contributed by atoms with Crippen molar-refractivity contribution in [3.63, 3.8) is 0 Å². The number of carbonyl (C=O) groups excluding carboxylic acids is 1. The summed E-state index contributed by atoms with van der Waals surface area (Å²) >= 11 is 0. The van der Waals surface area contributed by atoms with Crippen molar-refractivity contribution in [2.24, 2.45) is 0 Å². The maximum atomic E-state index is 12.2. The van der Waals surface area contributed by atoms with Crippen molar-refractivity contribution in [3.8, 4) is 0 Å². The summed E-state index contributed by atoms with van der Waals surface area (Å²) in [4.78, 5) is 24.3. The fourth-order valence-corrected chi connectivity index (χ4v) is 2.24. The Morgan fingerprint density at radius 1 is 1.14 bits per heavy atom. The summed E-state index contributed by atoms with van der Waals surface area (Å²) in [6.45, 7) is 3.63. The lowest BCUT2D eigenvalue weighted by molar-refractivity contribution is 0.0907. The molecule has 0 saturated carbocycles. The number of hydrogen-bond acceptors (Lipinski definition) is 4. The van der Waals surface area contributed by atoms with Gasteiger partial charge in [0.25, 0.3) is 5.91 Å². The maximum absolute atomic E-state index is 12.2. The largest absolute Gasteiger partial charge is 0.464 e. The topological polar surface area (TPSA) is 72.5 Å². The first-order chi connectivity index (χ1) is 10.5. The predicted octanol–water partition coefficient (Wildman–Crippen LogP) is 3.19.